The van der Waals surface area contributed by atoms with E-state index in [1.807, 2.05) is 0 Å². The van der Waals surface area contributed by atoms with Crippen LogP contribution in [0.25, 0.3) is 0 Å². The predicted octanol–water partition coefficient (Wildman–Crippen LogP) is 0.527. The first-order chi connectivity index (χ1) is 4.93. The molecule has 5 nitrogen and oxygen atoms in total. The number of nitrogens with one attached hydrogen (secondary N) is 1. The number of nitrogens with zero attached hydrogens (tertiary/aromatic N) is 4. The van der Waals surface area contributed by atoms with Crippen LogP contribution < -0.4 is 4.91 Å². The van der Waals surface area contributed by atoms with Crippen molar-refractivity contribution in [3.63, 3.8) is 0 Å². The van der Waals surface area contributed by atoms with Crippen molar-refractivity contribution < 1.29 is 0 Å². The Morgan fingerprint density at radius 2 is 2.50 bits per heavy atom. The molecule has 10 heavy (non-hydrogen) atoms. The molecule has 0 unspecified atom stereocenters. The van der Waals surface area contributed by atoms with Crippen LogP contribution in [0.2, 0.25) is 0 Å². The summed E-state index contributed by atoms with van der Waals surface area (Å²) in [5, 5.41) is 3.43. The second kappa shape index (κ2) is 3.42. The van der Waals surface area contributed by atoms with Crippen molar-refractivity contribution in [2.45, 2.75) is 6.54 Å². The Balaban J connectivity index is 2.67. The number of hydrogen-bond donors (Lipinski definition) is 1. The third kappa shape index (κ3) is 1.72. The van der Waals surface area contributed by atoms with Gasteiger partial charge in [0.15, 0.2) is 6.54 Å². The van der Waals surface area contributed by atoms with E-state index >= 15 is 0 Å². The molecule has 0 amide bonds. The first kappa shape index (κ1) is 6.51. The van der Waals surface area contributed by atoms with Gasteiger partial charge in [-0.05, 0) is 0 Å². The highest BCUT2D eigenvalue weighted by atomic mass is 15.1. The quantitative estimate of drug-likeness (QED) is 0.475. The van der Waals surface area contributed by atoms with E-state index in [4.69, 9.17) is 5.53 Å². The van der Waals surface area contributed by atoms with Crippen LogP contribution in [0.3, 0.4) is 0 Å². The Hall–Kier alpha value is -1.61. The SMILES string of the molecule is N=[N+]=NCc1cnccn1. The summed E-state index contributed by atoms with van der Waals surface area (Å²) < 4.78 is 0. The van der Waals surface area contributed by atoms with Crippen molar-refractivity contribution in [2.75, 3.05) is 0 Å². The topological polar surface area (TPSA) is 76.1 Å². The summed E-state index contributed by atoms with van der Waals surface area (Å²) in [6.45, 7) is 0.331. The van der Waals surface area contributed by atoms with Crippen LogP contribution in [-0.2, 0) is 6.54 Å². The smallest absolute Gasteiger partial charge is 0.214 e. The third-order valence-corrected chi connectivity index (χ3v) is 0.920. The molecule has 0 saturated heterocycles. The zero-order valence-corrected chi connectivity index (χ0v) is 5.23. The van der Waals surface area contributed by atoms with Crippen LogP contribution in [0.4, 0.5) is 0 Å². The van der Waals surface area contributed by atoms with Gasteiger partial charge >= 0.3 is 0 Å². The summed E-state index contributed by atoms with van der Waals surface area (Å²) in [5.41, 5.74) is 7.08. The highest BCUT2D eigenvalue weighted by Gasteiger charge is 1.92. The lowest BCUT2D eigenvalue weighted by Crippen LogP contribution is -1.86. The molecular weight excluding hydrogens is 130 g/mol. The first-order valence-corrected chi connectivity index (χ1v) is 2.71. The van der Waals surface area contributed by atoms with Gasteiger partial charge in [-0.25, -0.2) is 0 Å². The molecule has 1 rings (SSSR count). The Morgan fingerprint density at radius 3 is 3.10 bits per heavy atom. The monoisotopic (exact) mass is 136 g/mol. The van der Waals surface area contributed by atoms with E-state index in [1.54, 1.807) is 18.6 Å². The van der Waals surface area contributed by atoms with Gasteiger partial charge in [-0.3, -0.25) is 9.97 Å². The van der Waals surface area contributed by atoms with Gasteiger partial charge in [0.05, 0.1) is 11.9 Å². The summed E-state index contributed by atoms with van der Waals surface area (Å²) in [7, 11) is 0. The van der Waals surface area contributed by atoms with Crippen LogP contribution in [-0.4, -0.2) is 9.97 Å². The average molecular weight is 136 g/mol. The number of hydrogen-bond acceptors (Lipinski definition) is 4. The van der Waals surface area contributed by atoms with Crippen LogP contribution in [0.1, 0.15) is 5.69 Å². The molecule has 0 atom stereocenters. The fourth-order valence-corrected chi connectivity index (χ4v) is 0.519. The van der Waals surface area contributed by atoms with Gasteiger partial charge in [-0.2, -0.15) is 0 Å². The van der Waals surface area contributed by atoms with Gasteiger partial charge in [-0.1, -0.05) is 0 Å². The highest BCUT2D eigenvalue weighted by Crippen LogP contribution is 1.90. The lowest BCUT2D eigenvalue weighted by Gasteiger charge is -1.85. The van der Waals surface area contributed by atoms with Crippen LogP contribution in [0, 0.1) is 5.53 Å². The summed E-state index contributed by atoms with van der Waals surface area (Å²) in [6, 6.07) is 0. The van der Waals surface area contributed by atoms with Gasteiger partial charge in [0.2, 0.25) is 4.91 Å². The zero-order chi connectivity index (χ0) is 7.23. The molecular formula is C5H6N5+. The molecule has 1 aromatic heterocycles. The van der Waals surface area contributed by atoms with Gasteiger partial charge in [-0.15, -0.1) is 0 Å². The second-order valence-electron chi connectivity index (χ2n) is 1.60. The lowest BCUT2D eigenvalue weighted by atomic mass is 10.5. The number of rotatable bonds is 2. The normalized spacial score (nSPS) is 8.40. The predicted molar refractivity (Wildman–Crippen MR) is 33.0 cm³/mol. The Morgan fingerprint density at radius 1 is 1.60 bits per heavy atom. The van der Waals surface area contributed by atoms with E-state index in [0.717, 1.165) is 5.69 Å². The summed E-state index contributed by atoms with van der Waals surface area (Å²) in [6.07, 6.45) is 4.75. The molecule has 0 saturated carbocycles. The minimum absolute atomic E-state index is 0.331. The fourth-order valence-electron chi connectivity index (χ4n) is 0.519. The minimum atomic E-state index is 0.331. The highest BCUT2D eigenvalue weighted by molar-refractivity contribution is 4.92. The molecule has 0 fully saturated rings. The summed E-state index contributed by atoms with van der Waals surface area (Å²) >= 11 is 0. The molecule has 0 aliphatic rings. The molecule has 0 aliphatic heterocycles. The lowest BCUT2D eigenvalue weighted by molar-refractivity contribution is 0.830. The Bertz CT molecular complexity index is 237. The van der Waals surface area contributed by atoms with E-state index in [1.165, 1.54) is 0 Å². The molecule has 1 aromatic rings. The maximum absolute atomic E-state index is 6.36. The molecule has 5 heteroatoms. The van der Waals surface area contributed by atoms with Crippen molar-refractivity contribution in [3.8, 4) is 0 Å². The second-order valence-corrected chi connectivity index (χ2v) is 1.60. The number of aromatic nitrogens is 2. The maximum Gasteiger partial charge on any atom is 0.214 e. The van der Waals surface area contributed by atoms with Crippen LogP contribution in [0.15, 0.2) is 23.7 Å². The first-order valence-electron chi connectivity index (χ1n) is 2.71. The van der Waals surface area contributed by atoms with E-state index in [2.05, 4.69) is 20.0 Å². The molecule has 0 aromatic carbocycles. The van der Waals surface area contributed by atoms with E-state index in [-0.39, 0.29) is 0 Å². The summed E-state index contributed by atoms with van der Waals surface area (Å²) in [5.74, 6) is 0. The van der Waals surface area contributed by atoms with Crippen LogP contribution >= 0.6 is 0 Å². The van der Waals surface area contributed by atoms with Crippen molar-refractivity contribution in [2.24, 2.45) is 5.11 Å². The van der Waals surface area contributed by atoms with Gasteiger partial charge in [0.1, 0.15) is 10.6 Å². The fraction of sp³-hybridized carbons (Fsp3) is 0.200. The Labute approximate surface area is 57.4 Å². The van der Waals surface area contributed by atoms with Crippen molar-refractivity contribution >= 4 is 0 Å². The summed E-state index contributed by atoms with van der Waals surface area (Å²) in [4.78, 5) is 10.6. The standard InChI is InChI=1S/C5H6N5/c6-10-9-4-5-3-7-1-2-8-5/h1-3,6H,4H2/q+1. The van der Waals surface area contributed by atoms with Crippen molar-refractivity contribution in [1.82, 2.24) is 14.9 Å². The third-order valence-electron chi connectivity index (χ3n) is 0.920. The van der Waals surface area contributed by atoms with E-state index < -0.39 is 0 Å². The molecule has 0 bridgehead atoms. The largest absolute Gasteiger partial charge is 0.261 e. The van der Waals surface area contributed by atoms with Crippen molar-refractivity contribution in [1.29, 1.82) is 5.53 Å². The maximum atomic E-state index is 6.36. The molecule has 0 radical (unpaired) electrons. The molecule has 0 aliphatic carbocycles. The zero-order valence-electron chi connectivity index (χ0n) is 5.23. The van der Waals surface area contributed by atoms with E-state index in [9.17, 15) is 0 Å². The molecule has 1 heterocycles. The molecule has 0 spiro atoms. The molecule has 1 N–H and O–H groups in total. The Kier molecular flexibility index (Phi) is 2.23. The van der Waals surface area contributed by atoms with Gasteiger partial charge in [0.25, 0.3) is 0 Å². The van der Waals surface area contributed by atoms with Gasteiger partial charge in [0, 0.05) is 12.4 Å². The molecule has 50 valence electrons. The van der Waals surface area contributed by atoms with E-state index in [0.29, 0.717) is 6.54 Å². The van der Waals surface area contributed by atoms with Crippen molar-refractivity contribution in [3.05, 3.63) is 24.3 Å². The van der Waals surface area contributed by atoms with Gasteiger partial charge < -0.3 is 0 Å². The average Bonchev–Trinajstić information content (AvgIpc) is 2.03. The van der Waals surface area contributed by atoms with Crippen LogP contribution in [0.5, 0.6) is 0 Å². The minimum Gasteiger partial charge on any atom is -0.261 e.